The minimum Gasteiger partial charge on any atom is -0.444 e. The minimum absolute atomic E-state index is 0.113. The largest absolute Gasteiger partial charge is 0.444 e. The van der Waals surface area contributed by atoms with Crippen molar-refractivity contribution in [1.29, 1.82) is 0 Å². The van der Waals surface area contributed by atoms with E-state index in [-0.39, 0.29) is 5.69 Å². The van der Waals surface area contributed by atoms with Crippen LogP contribution in [0.25, 0.3) is 0 Å². The highest BCUT2D eigenvalue weighted by Gasteiger charge is 2.37. The molecule has 1 saturated heterocycles. The summed E-state index contributed by atoms with van der Waals surface area (Å²) in [6.07, 6.45) is -0.549. The van der Waals surface area contributed by atoms with Gasteiger partial charge >= 0.3 is 6.09 Å². The molecule has 0 aromatic heterocycles. The molecule has 8 nitrogen and oxygen atoms in total. The van der Waals surface area contributed by atoms with Gasteiger partial charge in [0.05, 0.1) is 10.8 Å². The number of non-ortho nitro benzene ring substituents is 1. The summed E-state index contributed by atoms with van der Waals surface area (Å²) in [6.45, 7) is 5.27. The van der Waals surface area contributed by atoms with Gasteiger partial charge in [0.2, 0.25) is 5.91 Å². The van der Waals surface area contributed by atoms with Gasteiger partial charge in [-0.3, -0.25) is 19.8 Å². The van der Waals surface area contributed by atoms with Crippen LogP contribution in [0.4, 0.5) is 16.2 Å². The normalized spacial score (nSPS) is 17.5. The summed E-state index contributed by atoms with van der Waals surface area (Å²) >= 11 is 1.45. The third-order valence-corrected chi connectivity index (χ3v) is 4.15. The van der Waals surface area contributed by atoms with Gasteiger partial charge in [0.15, 0.2) is 0 Å². The SMILES string of the molecule is CC(C)(C)OC(=O)N1CSC[C@@H]1C(=O)Nc1cccc([N+](=O)[O-])c1. The molecule has 1 aliphatic heterocycles. The number of benzene rings is 1. The highest BCUT2D eigenvalue weighted by Crippen LogP contribution is 2.25. The number of amides is 2. The zero-order valence-corrected chi connectivity index (χ0v) is 14.5. The molecule has 0 saturated carbocycles. The van der Waals surface area contributed by atoms with Gasteiger partial charge in [0, 0.05) is 23.6 Å². The van der Waals surface area contributed by atoms with Crippen LogP contribution in [0.3, 0.4) is 0 Å². The Morgan fingerprint density at radius 1 is 1.42 bits per heavy atom. The van der Waals surface area contributed by atoms with Crippen molar-refractivity contribution < 1.29 is 19.2 Å². The number of nitro groups is 1. The maximum Gasteiger partial charge on any atom is 0.411 e. The molecule has 130 valence electrons. The lowest BCUT2D eigenvalue weighted by molar-refractivity contribution is -0.384. The van der Waals surface area contributed by atoms with Gasteiger partial charge in [-0.2, -0.15) is 0 Å². The summed E-state index contributed by atoms with van der Waals surface area (Å²) in [7, 11) is 0. The summed E-state index contributed by atoms with van der Waals surface area (Å²) in [6, 6.07) is 4.99. The Hall–Kier alpha value is -2.29. The Morgan fingerprint density at radius 2 is 2.12 bits per heavy atom. The van der Waals surface area contributed by atoms with E-state index in [1.165, 1.54) is 34.9 Å². The molecule has 0 bridgehead atoms. The molecular formula is C15H19N3O5S. The molecule has 1 fully saturated rings. The highest BCUT2D eigenvalue weighted by molar-refractivity contribution is 7.99. The van der Waals surface area contributed by atoms with Crippen molar-refractivity contribution in [2.75, 3.05) is 16.9 Å². The van der Waals surface area contributed by atoms with E-state index in [1.54, 1.807) is 26.8 Å². The lowest BCUT2D eigenvalue weighted by Gasteiger charge is -2.27. The first-order valence-electron chi connectivity index (χ1n) is 7.30. The highest BCUT2D eigenvalue weighted by atomic mass is 32.2. The van der Waals surface area contributed by atoms with Gasteiger partial charge in [0.25, 0.3) is 5.69 Å². The molecule has 1 heterocycles. The Balaban J connectivity index is 2.07. The number of rotatable bonds is 3. The Morgan fingerprint density at radius 3 is 2.75 bits per heavy atom. The van der Waals surface area contributed by atoms with Crippen LogP contribution < -0.4 is 5.32 Å². The fourth-order valence-electron chi connectivity index (χ4n) is 2.08. The zero-order chi connectivity index (χ0) is 17.9. The quantitative estimate of drug-likeness (QED) is 0.662. The summed E-state index contributed by atoms with van der Waals surface area (Å²) in [5.74, 6) is 0.411. The van der Waals surface area contributed by atoms with Crippen LogP contribution in [0.2, 0.25) is 0 Å². The fourth-order valence-corrected chi connectivity index (χ4v) is 3.23. The number of carbonyl (C=O) groups is 2. The molecule has 1 aromatic rings. The summed E-state index contributed by atoms with van der Waals surface area (Å²) < 4.78 is 5.31. The van der Waals surface area contributed by atoms with Crippen molar-refractivity contribution in [1.82, 2.24) is 4.90 Å². The van der Waals surface area contributed by atoms with Crippen LogP contribution in [0.5, 0.6) is 0 Å². The average molecular weight is 353 g/mol. The van der Waals surface area contributed by atoms with E-state index in [4.69, 9.17) is 4.74 Å². The van der Waals surface area contributed by atoms with Gasteiger partial charge in [-0.15, -0.1) is 11.8 Å². The lowest BCUT2D eigenvalue weighted by atomic mass is 10.2. The van der Waals surface area contributed by atoms with E-state index in [0.29, 0.717) is 17.3 Å². The average Bonchev–Trinajstić information content (AvgIpc) is 2.95. The minimum atomic E-state index is -0.677. The number of ether oxygens (including phenoxy) is 1. The Kier molecular flexibility index (Phi) is 5.33. The van der Waals surface area contributed by atoms with Gasteiger partial charge in [-0.05, 0) is 26.8 Å². The fraction of sp³-hybridized carbons (Fsp3) is 0.467. The molecule has 0 radical (unpaired) electrons. The standard InChI is InChI=1S/C15H19N3O5S/c1-15(2,3)23-14(20)17-9-24-8-12(17)13(19)16-10-5-4-6-11(7-10)18(21)22/h4-7,12H,8-9H2,1-3H3,(H,16,19)/t12-/m1/s1. The van der Waals surface area contributed by atoms with E-state index >= 15 is 0 Å². The monoisotopic (exact) mass is 353 g/mol. The van der Waals surface area contributed by atoms with Crippen molar-refractivity contribution in [3.63, 3.8) is 0 Å². The van der Waals surface area contributed by atoms with Crippen molar-refractivity contribution in [2.45, 2.75) is 32.4 Å². The number of nitro benzene ring substituents is 1. The van der Waals surface area contributed by atoms with Crippen molar-refractivity contribution >= 4 is 35.1 Å². The maximum atomic E-state index is 12.4. The summed E-state index contributed by atoms with van der Waals surface area (Å²) in [5, 5.41) is 13.4. The predicted molar refractivity (Wildman–Crippen MR) is 90.9 cm³/mol. The smallest absolute Gasteiger partial charge is 0.411 e. The van der Waals surface area contributed by atoms with Gasteiger partial charge in [-0.25, -0.2) is 4.79 Å². The van der Waals surface area contributed by atoms with E-state index in [0.717, 1.165) is 0 Å². The van der Waals surface area contributed by atoms with E-state index < -0.39 is 28.6 Å². The third-order valence-electron chi connectivity index (χ3n) is 3.14. The molecule has 1 aromatic carbocycles. The van der Waals surface area contributed by atoms with Crippen LogP contribution in [0.1, 0.15) is 20.8 Å². The molecule has 0 unspecified atom stereocenters. The van der Waals surface area contributed by atoms with Gasteiger partial charge in [-0.1, -0.05) is 6.07 Å². The van der Waals surface area contributed by atoms with E-state index in [9.17, 15) is 19.7 Å². The second kappa shape index (κ2) is 7.08. The molecular weight excluding hydrogens is 334 g/mol. The molecule has 1 atom stereocenters. The van der Waals surface area contributed by atoms with Crippen LogP contribution in [-0.4, -0.2) is 45.1 Å². The van der Waals surface area contributed by atoms with Crippen LogP contribution in [0.15, 0.2) is 24.3 Å². The second-order valence-corrected chi connectivity index (χ2v) is 7.26. The van der Waals surface area contributed by atoms with Gasteiger partial charge in [0.1, 0.15) is 11.6 Å². The molecule has 0 spiro atoms. The topological polar surface area (TPSA) is 102 Å². The summed E-state index contributed by atoms with van der Waals surface area (Å²) in [4.78, 5) is 36.2. The third kappa shape index (κ3) is 4.60. The Labute approximate surface area is 143 Å². The zero-order valence-electron chi connectivity index (χ0n) is 13.6. The van der Waals surface area contributed by atoms with Crippen LogP contribution >= 0.6 is 11.8 Å². The van der Waals surface area contributed by atoms with Crippen LogP contribution in [-0.2, 0) is 9.53 Å². The second-order valence-electron chi connectivity index (χ2n) is 6.26. The molecule has 2 rings (SSSR count). The number of anilines is 1. The molecule has 2 amide bonds. The lowest BCUT2D eigenvalue weighted by Crippen LogP contribution is -2.46. The molecule has 1 N–H and O–H groups in total. The molecule has 24 heavy (non-hydrogen) atoms. The summed E-state index contributed by atoms with van der Waals surface area (Å²) in [5.41, 5.74) is -0.446. The number of hydrogen-bond acceptors (Lipinski definition) is 6. The molecule has 9 heteroatoms. The van der Waals surface area contributed by atoms with E-state index in [2.05, 4.69) is 5.32 Å². The number of hydrogen-bond donors (Lipinski definition) is 1. The Bertz CT molecular complexity index is 659. The van der Waals surface area contributed by atoms with Gasteiger partial charge < -0.3 is 10.1 Å². The maximum absolute atomic E-state index is 12.4. The predicted octanol–water partition coefficient (Wildman–Crippen LogP) is 2.84. The number of carbonyl (C=O) groups excluding carboxylic acids is 2. The first-order chi connectivity index (χ1) is 11.2. The molecule has 0 aliphatic carbocycles. The first kappa shape index (κ1) is 18.1. The van der Waals surface area contributed by atoms with Crippen LogP contribution in [0, 0.1) is 10.1 Å². The number of nitrogens with one attached hydrogen (secondary N) is 1. The number of thioether (sulfide) groups is 1. The van der Waals surface area contributed by atoms with Crippen molar-refractivity contribution in [3.8, 4) is 0 Å². The molecule has 1 aliphatic rings. The van der Waals surface area contributed by atoms with Crippen molar-refractivity contribution in [2.24, 2.45) is 0 Å². The first-order valence-corrected chi connectivity index (χ1v) is 8.45. The number of nitrogens with zero attached hydrogens (tertiary/aromatic N) is 2. The van der Waals surface area contributed by atoms with Crippen molar-refractivity contribution in [3.05, 3.63) is 34.4 Å². The van der Waals surface area contributed by atoms with E-state index in [1.807, 2.05) is 0 Å².